The third-order valence-corrected chi connectivity index (χ3v) is 5.18. The van der Waals surface area contributed by atoms with E-state index in [-0.39, 0.29) is 44.5 Å². The molecule has 8 heteroatoms. The molecule has 0 amide bonds. The van der Waals surface area contributed by atoms with Crippen LogP contribution in [0.3, 0.4) is 0 Å². The predicted octanol–water partition coefficient (Wildman–Crippen LogP) is 5.94. The molecule has 0 bridgehead atoms. The van der Waals surface area contributed by atoms with Gasteiger partial charge in [0.15, 0.2) is 5.82 Å². The highest BCUT2D eigenvalue weighted by Gasteiger charge is 2.22. The van der Waals surface area contributed by atoms with E-state index in [1.165, 1.54) is 18.3 Å². The van der Waals surface area contributed by atoms with Crippen LogP contribution in [-0.2, 0) is 4.74 Å². The van der Waals surface area contributed by atoms with Crippen molar-refractivity contribution in [1.82, 2.24) is 9.97 Å². The summed E-state index contributed by atoms with van der Waals surface area (Å²) >= 11 is 12.5. The molecule has 0 radical (unpaired) electrons. The predicted molar refractivity (Wildman–Crippen MR) is 113 cm³/mol. The average molecular weight is 440 g/mol. The molecule has 4 rings (SSSR count). The third kappa shape index (κ3) is 3.22. The van der Waals surface area contributed by atoms with Crippen molar-refractivity contribution in [2.24, 2.45) is 0 Å². The quantitative estimate of drug-likeness (QED) is 0.291. The highest BCUT2D eigenvalue weighted by molar-refractivity contribution is 6.35. The van der Waals surface area contributed by atoms with Gasteiger partial charge in [-0.05, 0) is 36.6 Å². The molecule has 0 aliphatic rings. The first-order chi connectivity index (χ1) is 14.5. The fourth-order valence-electron chi connectivity index (χ4n) is 3.31. The van der Waals surface area contributed by atoms with Crippen LogP contribution in [0.15, 0.2) is 42.6 Å². The average Bonchev–Trinajstić information content (AvgIpc) is 2.73. The van der Waals surface area contributed by atoms with Crippen molar-refractivity contribution < 1.29 is 13.9 Å². The SMILES string of the molecule is CCOC(=O)c1cc2cc(Cl)c(-c3nccc4cccc(C#N)c34)c(F)c2nc1Cl. The van der Waals surface area contributed by atoms with Crippen LogP contribution < -0.4 is 0 Å². The van der Waals surface area contributed by atoms with Gasteiger partial charge in [0.2, 0.25) is 0 Å². The van der Waals surface area contributed by atoms with Gasteiger partial charge in [-0.2, -0.15) is 5.26 Å². The van der Waals surface area contributed by atoms with E-state index >= 15 is 4.39 Å². The molecule has 0 atom stereocenters. The van der Waals surface area contributed by atoms with Gasteiger partial charge in [0.25, 0.3) is 0 Å². The highest BCUT2D eigenvalue weighted by Crippen LogP contribution is 2.39. The number of fused-ring (bicyclic) bond motifs is 2. The Morgan fingerprint density at radius 2 is 2.03 bits per heavy atom. The second-order valence-electron chi connectivity index (χ2n) is 6.34. The fraction of sp³-hybridized carbons (Fsp3) is 0.0909. The van der Waals surface area contributed by atoms with Gasteiger partial charge in [0.05, 0.1) is 40.1 Å². The Bertz CT molecular complexity index is 1380. The number of halogens is 3. The van der Waals surface area contributed by atoms with E-state index in [0.29, 0.717) is 10.9 Å². The molecule has 30 heavy (non-hydrogen) atoms. The first-order valence-corrected chi connectivity index (χ1v) is 9.65. The summed E-state index contributed by atoms with van der Waals surface area (Å²) in [6.07, 6.45) is 1.52. The summed E-state index contributed by atoms with van der Waals surface area (Å²) in [5.41, 5.74) is 0.520. The Morgan fingerprint density at radius 1 is 1.23 bits per heavy atom. The maximum Gasteiger partial charge on any atom is 0.341 e. The van der Waals surface area contributed by atoms with E-state index < -0.39 is 11.8 Å². The van der Waals surface area contributed by atoms with Crippen molar-refractivity contribution in [3.8, 4) is 17.3 Å². The summed E-state index contributed by atoms with van der Waals surface area (Å²) in [6, 6.07) is 11.9. The molecule has 2 heterocycles. The van der Waals surface area contributed by atoms with Crippen molar-refractivity contribution in [3.63, 3.8) is 0 Å². The van der Waals surface area contributed by atoms with E-state index in [9.17, 15) is 10.1 Å². The molecule has 0 spiro atoms. The Balaban J connectivity index is 2.03. The molecule has 4 aromatic rings. The van der Waals surface area contributed by atoms with Gasteiger partial charge in [-0.25, -0.2) is 14.2 Å². The molecule has 0 unspecified atom stereocenters. The zero-order valence-electron chi connectivity index (χ0n) is 15.5. The number of hydrogen-bond donors (Lipinski definition) is 0. The monoisotopic (exact) mass is 439 g/mol. The van der Waals surface area contributed by atoms with E-state index in [1.807, 2.05) is 0 Å². The van der Waals surface area contributed by atoms with Crippen LogP contribution in [0.2, 0.25) is 10.2 Å². The number of carbonyl (C=O) groups excluding carboxylic acids is 1. The summed E-state index contributed by atoms with van der Waals surface area (Å²) in [5.74, 6) is -1.41. The lowest BCUT2D eigenvalue weighted by atomic mass is 9.98. The second kappa shape index (κ2) is 7.86. The number of aromatic nitrogens is 2. The Labute approximate surface area is 180 Å². The van der Waals surface area contributed by atoms with Gasteiger partial charge in [-0.3, -0.25) is 4.98 Å². The minimum atomic E-state index is -0.748. The van der Waals surface area contributed by atoms with E-state index in [2.05, 4.69) is 16.0 Å². The number of carbonyl (C=O) groups is 1. The normalized spacial score (nSPS) is 10.9. The maximum atomic E-state index is 15.6. The molecular formula is C22H12Cl2FN3O2. The Kier molecular flexibility index (Phi) is 5.25. The molecule has 0 saturated heterocycles. The molecule has 2 aromatic heterocycles. The molecule has 0 saturated carbocycles. The zero-order chi connectivity index (χ0) is 21.4. The second-order valence-corrected chi connectivity index (χ2v) is 7.11. The minimum Gasteiger partial charge on any atom is -0.462 e. The number of hydrogen-bond acceptors (Lipinski definition) is 5. The topological polar surface area (TPSA) is 75.9 Å². The lowest BCUT2D eigenvalue weighted by Crippen LogP contribution is -2.07. The summed E-state index contributed by atoms with van der Waals surface area (Å²) < 4.78 is 20.5. The van der Waals surface area contributed by atoms with E-state index in [4.69, 9.17) is 27.9 Å². The largest absolute Gasteiger partial charge is 0.462 e. The van der Waals surface area contributed by atoms with Crippen molar-refractivity contribution in [2.75, 3.05) is 6.61 Å². The smallest absolute Gasteiger partial charge is 0.341 e. The van der Waals surface area contributed by atoms with Crippen LogP contribution in [0.5, 0.6) is 0 Å². The van der Waals surface area contributed by atoms with Crippen LogP contribution in [-0.4, -0.2) is 22.5 Å². The number of ether oxygens (including phenoxy) is 1. The first-order valence-electron chi connectivity index (χ1n) is 8.89. The molecule has 2 aromatic carbocycles. The number of benzene rings is 2. The Morgan fingerprint density at radius 3 is 2.77 bits per heavy atom. The van der Waals surface area contributed by atoms with Crippen LogP contribution >= 0.6 is 23.2 Å². The Hall–Kier alpha value is -3.27. The van der Waals surface area contributed by atoms with Gasteiger partial charge in [0.1, 0.15) is 10.7 Å². The first kappa shape index (κ1) is 20.0. The molecule has 0 N–H and O–H groups in total. The van der Waals surface area contributed by atoms with Crippen LogP contribution in [0.1, 0.15) is 22.8 Å². The standard InChI is InChI=1S/C22H12Cl2FN3O2/c1-2-30-22(29)14-8-13-9-15(23)17(18(25)19(13)28-21(14)24)20-16-11(6-7-27-20)4-3-5-12(16)10-26/h3-9H,2H2,1H3. The van der Waals surface area contributed by atoms with Crippen molar-refractivity contribution in [1.29, 1.82) is 5.26 Å². The lowest BCUT2D eigenvalue weighted by Gasteiger charge is -2.13. The van der Waals surface area contributed by atoms with Gasteiger partial charge in [0, 0.05) is 17.0 Å². The van der Waals surface area contributed by atoms with E-state index in [1.54, 1.807) is 31.2 Å². The zero-order valence-corrected chi connectivity index (χ0v) is 17.1. The number of rotatable bonds is 3. The molecular weight excluding hydrogens is 428 g/mol. The highest BCUT2D eigenvalue weighted by atomic mass is 35.5. The minimum absolute atomic E-state index is 0.00455. The summed E-state index contributed by atoms with van der Waals surface area (Å²) in [7, 11) is 0. The van der Waals surface area contributed by atoms with Crippen molar-refractivity contribution in [3.05, 3.63) is 69.7 Å². The molecule has 5 nitrogen and oxygen atoms in total. The molecule has 0 aliphatic carbocycles. The van der Waals surface area contributed by atoms with Crippen molar-refractivity contribution in [2.45, 2.75) is 6.92 Å². The summed E-state index contributed by atoms with van der Waals surface area (Å²) in [6.45, 7) is 1.82. The van der Waals surface area contributed by atoms with Gasteiger partial charge in [-0.15, -0.1) is 0 Å². The van der Waals surface area contributed by atoms with Gasteiger partial charge < -0.3 is 4.74 Å². The van der Waals surface area contributed by atoms with Crippen LogP contribution in [0.4, 0.5) is 4.39 Å². The number of pyridine rings is 2. The molecule has 0 fully saturated rings. The maximum absolute atomic E-state index is 15.6. The van der Waals surface area contributed by atoms with Gasteiger partial charge >= 0.3 is 5.97 Å². The third-order valence-electron chi connectivity index (χ3n) is 4.60. The number of esters is 1. The molecule has 148 valence electrons. The number of nitrogens with zero attached hydrogens (tertiary/aromatic N) is 3. The number of nitriles is 1. The van der Waals surface area contributed by atoms with E-state index in [0.717, 1.165) is 5.39 Å². The summed E-state index contributed by atoms with van der Waals surface area (Å²) in [5, 5.41) is 10.9. The fourth-order valence-corrected chi connectivity index (χ4v) is 3.81. The van der Waals surface area contributed by atoms with Crippen LogP contribution in [0.25, 0.3) is 32.9 Å². The molecule has 0 aliphatic heterocycles. The van der Waals surface area contributed by atoms with Crippen LogP contribution in [0, 0.1) is 17.1 Å². The summed E-state index contributed by atoms with van der Waals surface area (Å²) in [4.78, 5) is 20.4. The lowest BCUT2D eigenvalue weighted by molar-refractivity contribution is 0.0526. The van der Waals surface area contributed by atoms with Crippen molar-refractivity contribution >= 4 is 50.8 Å². The van der Waals surface area contributed by atoms with Gasteiger partial charge in [-0.1, -0.05) is 35.3 Å².